The Balaban J connectivity index is 2.50. The number of allylic oxidation sites excluding steroid dienone is 2. The second-order valence-electron chi connectivity index (χ2n) is 5.18. The number of ether oxygens (including phenoxy) is 1. The fourth-order valence-corrected chi connectivity index (χ4v) is 2.17. The molecule has 0 saturated heterocycles. The van der Waals surface area contributed by atoms with Gasteiger partial charge in [0.1, 0.15) is 11.7 Å². The minimum Gasteiger partial charge on any atom is -0.385 e. The van der Waals surface area contributed by atoms with Gasteiger partial charge in [0.15, 0.2) is 0 Å². The van der Waals surface area contributed by atoms with Crippen LogP contribution in [0.1, 0.15) is 53.4 Å². The summed E-state index contributed by atoms with van der Waals surface area (Å²) >= 11 is 0. The molecule has 0 bridgehead atoms. The Bertz CT molecular complexity index is 304. The number of aliphatic hydroxyl groups excluding tert-OH is 1. The third-order valence-electron chi connectivity index (χ3n) is 3.73. The Morgan fingerprint density at radius 1 is 1.24 bits per heavy atom. The lowest BCUT2D eigenvalue weighted by atomic mass is 9.82. The molecule has 0 fully saturated rings. The summed E-state index contributed by atoms with van der Waals surface area (Å²) in [4.78, 5) is 0. The van der Waals surface area contributed by atoms with Crippen LogP contribution in [0.3, 0.4) is 0 Å². The largest absolute Gasteiger partial charge is 0.385 e. The van der Waals surface area contributed by atoms with Crippen LogP contribution in [0.15, 0.2) is 23.3 Å². The molecule has 1 rings (SSSR count). The molecule has 0 aliphatic heterocycles. The van der Waals surface area contributed by atoms with Gasteiger partial charge in [0.2, 0.25) is 0 Å². The van der Waals surface area contributed by atoms with Crippen molar-refractivity contribution in [3.63, 3.8) is 0 Å². The summed E-state index contributed by atoms with van der Waals surface area (Å²) in [5.41, 5.74) is 1.54. The molecule has 0 aromatic heterocycles. The Kier molecular flexibility index (Phi) is 5.41. The summed E-state index contributed by atoms with van der Waals surface area (Å²) in [7, 11) is 0. The van der Waals surface area contributed by atoms with Gasteiger partial charge in [-0.1, -0.05) is 38.3 Å². The van der Waals surface area contributed by atoms with Crippen LogP contribution in [-0.4, -0.2) is 23.4 Å². The summed E-state index contributed by atoms with van der Waals surface area (Å²) in [6, 6.07) is 0. The van der Waals surface area contributed by atoms with Crippen LogP contribution in [0.4, 0.5) is 0 Å². The van der Waals surface area contributed by atoms with Crippen LogP contribution in [0.25, 0.3) is 0 Å². The van der Waals surface area contributed by atoms with Crippen molar-refractivity contribution in [3.8, 4) is 0 Å². The van der Waals surface area contributed by atoms with Crippen molar-refractivity contribution >= 4 is 0 Å². The first-order chi connectivity index (χ1) is 8.02. The lowest BCUT2D eigenvalue weighted by Gasteiger charge is -2.38. The van der Waals surface area contributed by atoms with E-state index >= 15 is 0 Å². The fourth-order valence-electron chi connectivity index (χ4n) is 2.17. The van der Waals surface area contributed by atoms with Crippen molar-refractivity contribution in [1.29, 1.82) is 0 Å². The number of unbranched alkanes of at least 4 members (excludes halogenated alkanes) is 3. The minimum absolute atomic E-state index is 0.515. The molecule has 0 amide bonds. The predicted octanol–water partition coefficient (Wildman–Crippen LogP) is 3.61. The summed E-state index contributed by atoms with van der Waals surface area (Å²) in [6.07, 6.45) is 8.29. The number of aliphatic hydroxyl groups is 1. The second kappa shape index (κ2) is 6.36. The summed E-state index contributed by atoms with van der Waals surface area (Å²) < 4.78 is 5.95. The molecule has 0 aromatic carbocycles. The topological polar surface area (TPSA) is 29.5 Å². The maximum atomic E-state index is 10.2. The second-order valence-corrected chi connectivity index (χ2v) is 5.18. The molecule has 0 saturated carbocycles. The quantitative estimate of drug-likeness (QED) is 0.716. The molecule has 0 aromatic rings. The van der Waals surface area contributed by atoms with Crippen LogP contribution in [0.2, 0.25) is 0 Å². The molecule has 17 heavy (non-hydrogen) atoms. The summed E-state index contributed by atoms with van der Waals surface area (Å²) in [5.74, 6) is 0. The molecule has 2 heteroatoms. The first-order valence-electron chi connectivity index (χ1n) is 6.70. The van der Waals surface area contributed by atoms with Gasteiger partial charge in [-0.25, -0.2) is 0 Å². The number of hydrogen-bond donors (Lipinski definition) is 1. The van der Waals surface area contributed by atoms with Gasteiger partial charge >= 0.3 is 0 Å². The van der Waals surface area contributed by atoms with Crippen molar-refractivity contribution < 1.29 is 9.84 Å². The van der Waals surface area contributed by atoms with Gasteiger partial charge in [0.25, 0.3) is 0 Å². The van der Waals surface area contributed by atoms with Crippen LogP contribution in [-0.2, 0) is 4.74 Å². The van der Waals surface area contributed by atoms with Crippen molar-refractivity contribution in [3.05, 3.63) is 23.3 Å². The van der Waals surface area contributed by atoms with E-state index in [1.807, 2.05) is 32.9 Å². The van der Waals surface area contributed by atoms with Crippen LogP contribution in [0, 0.1) is 0 Å². The number of hydrogen-bond acceptors (Lipinski definition) is 2. The van der Waals surface area contributed by atoms with Gasteiger partial charge in [-0.05, 0) is 38.3 Å². The normalized spacial score (nSPS) is 28.9. The number of rotatable bonds is 6. The summed E-state index contributed by atoms with van der Waals surface area (Å²) in [6.45, 7) is 8.89. The van der Waals surface area contributed by atoms with E-state index in [4.69, 9.17) is 4.74 Å². The van der Waals surface area contributed by atoms with Crippen LogP contribution >= 0.6 is 0 Å². The van der Waals surface area contributed by atoms with E-state index in [2.05, 4.69) is 6.92 Å². The lowest BCUT2D eigenvalue weighted by Crippen LogP contribution is -2.45. The average Bonchev–Trinajstić information content (AvgIpc) is 2.32. The molecule has 1 N–H and O–H groups in total. The van der Waals surface area contributed by atoms with E-state index in [1.54, 1.807) is 0 Å². The Labute approximate surface area is 105 Å². The van der Waals surface area contributed by atoms with Gasteiger partial charge in [-0.15, -0.1) is 0 Å². The zero-order chi connectivity index (χ0) is 12.9. The highest BCUT2D eigenvalue weighted by atomic mass is 16.5. The van der Waals surface area contributed by atoms with E-state index in [9.17, 15) is 5.11 Å². The zero-order valence-corrected chi connectivity index (χ0v) is 11.6. The molecule has 2 atom stereocenters. The standard InChI is InChI=1S/C15H26O2/c1-5-6-7-8-11-17-15(4)13(3)10-9-12(2)14(15)16/h9-10,14,16H,5-8,11H2,1-4H3. The molecule has 0 heterocycles. The van der Waals surface area contributed by atoms with Crippen LogP contribution < -0.4 is 0 Å². The highest BCUT2D eigenvalue weighted by Gasteiger charge is 2.38. The molecule has 0 radical (unpaired) electrons. The van der Waals surface area contributed by atoms with E-state index < -0.39 is 11.7 Å². The third-order valence-corrected chi connectivity index (χ3v) is 3.73. The average molecular weight is 238 g/mol. The summed E-state index contributed by atoms with van der Waals surface area (Å²) in [5, 5.41) is 10.2. The van der Waals surface area contributed by atoms with Gasteiger partial charge in [-0.2, -0.15) is 0 Å². The maximum Gasteiger partial charge on any atom is 0.116 e. The lowest BCUT2D eigenvalue weighted by molar-refractivity contribution is -0.0760. The highest BCUT2D eigenvalue weighted by molar-refractivity contribution is 5.34. The molecule has 98 valence electrons. The smallest absolute Gasteiger partial charge is 0.116 e. The highest BCUT2D eigenvalue weighted by Crippen LogP contribution is 2.33. The van der Waals surface area contributed by atoms with Crippen molar-refractivity contribution in [2.75, 3.05) is 6.61 Å². The van der Waals surface area contributed by atoms with Crippen molar-refractivity contribution in [2.24, 2.45) is 0 Å². The molecule has 0 spiro atoms. The van der Waals surface area contributed by atoms with E-state index in [0.717, 1.165) is 24.2 Å². The first-order valence-corrected chi connectivity index (χ1v) is 6.70. The first kappa shape index (κ1) is 14.5. The molecule has 1 aliphatic carbocycles. The molecule has 1 aliphatic rings. The Hall–Kier alpha value is -0.600. The van der Waals surface area contributed by atoms with E-state index in [-0.39, 0.29) is 0 Å². The zero-order valence-electron chi connectivity index (χ0n) is 11.6. The SMILES string of the molecule is CCCCCCOC1(C)C(C)=CC=C(C)C1O. The molecular formula is C15H26O2. The van der Waals surface area contributed by atoms with Gasteiger partial charge in [0.05, 0.1) is 0 Å². The molecule has 2 nitrogen and oxygen atoms in total. The van der Waals surface area contributed by atoms with Crippen molar-refractivity contribution in [2.45, 2.75) is 65.1 Å². The molecule has 2 unspecified atom stereocenters. The van der Waals surface area contributed by atoms with Gasteiger partial charge in [0, 0.05) is 6.61 Å². The monoisotopic (exact) mass is 238 g/mol. The maximum absolute atomic E-state index is 10.2. The van der Waals surface area contributed by atoms with Crippen molar-refractivity contribution in [1.82, 2.24) is 0 Å². The Morgan fingerprint density at radius 3 is 2.59 bits per heavy atom. The minimum atomic E-state index is -0.537. The fraction of sp³-hybridized carbons (Fsp3) is 0.733. The van der Waals surface area contributed by atoms with E-state index in [1.165, 1.54) is 19.3 Å². The van der Waals surface area contributed by atoms with Gasteiger partial charge < -0.3 is 9.84 Å². The van der Waals surface area contributed by atoms with E-state index in [0.29, 0.717) is 0 Å². The van der Waals surface area contributed by atoms with Crippen LogP contribution in [0.5, 0.6) is 0 Å². The predicted molar refractivity (Wildman–Crippen MR) is 72.0 cm³/mol. The van der Waals surface area contributed by atoms with Gasteiger partial charge in [-0.3, -0.25) is 0 Å². The Morgan fingerprint density at radius 2 is 1.94 bits per heavy atom. The molecular weight excluding hydrogens is 212 g/mol. The third kappa shape index (κ3) is 3.43.